The summed E-state index contributed by atoms with van der Waals surface area (Å²) in [5, 5.41) is 0. The van der Waals surface area contributed by atoms with Crippen LogP contribution in [0.25, 0.3) is 0 Å². The first-order valence-electron chi connectivity index (χ1n) is 14.8. The van der Waals surface area contributed by atoms with Crippen LogP contribution in [0.4, 0.5) is 0 Å². The van der Waals surface area contributed by atoms with Crippen LogP contribution in [-0.4, -0.2) is 130 Å². The maximum atomic E-state index is 11.8. The molecule has 0 unspecified atom stereocenters. The molecule has 0 bridgehead atoms. The van der Waals surface area contributed by atoms with Crippen LogP contribution in [0.15, 0.2) is 0 Å². The van der Waals surface area contributed by atoms with Crippen LogP contribution in [0.3, 0.4) is 0 Å². The van der Waals surface area contributed by atoms with E-state index in [2.05, 4.69) is 0 Å². The Morgan fingerprint density at radius 1 is 0.317 bits per heavy atom. The van der Waals surface area contributed by atoms with E-state index in [-0.39, 0.29) is 22.4 Å². The summed E-state index contributed by atoms with van der Waals surface area (Å²) in [6, 6.07) is 0. The van der Waals surface area contributed by atoms with Crippen molar-refractivity contribution in [1.82, 2.24) is 0 Å². The average molecular weight is 595 g/mol. The van der Waals surface area contributed by atoms with E-state index in [0.717, 1.165) is 0 Å². The van der Waals surface area contributed by atoms with E-state index < -0.39 is 0 Å². The van der Waals surface area contributed by atoms with Gasteiger partial charge in [-0.1, -0.05) is 41.5 Å². The summed E-state index contributed by atoms with van der Waals surface area (Å²) >= 11 is 0. The standard InChI is InChI=1S/C30H58O11/c1-29(2,3)27(31)7-9-33-11-13-35-15-17-37-19-21-39-23-25-41-26-24-40-22-20-38-18-16-36-14-12-34-10-8-28(32)30(4,5)6/h7-26H2,1-6H3. The molecular weight excluding hydrogens is 536 g/mol. The first-order valence-corrected chi connectivity index (χ1v) is 14.8. The summed E-state index contributed by atoms with van der Waals surface area (Å²) in [5.74, 6) is 0.404. The minimum absolute atomic E-state index is 0.202. The van der Waals surface area contributed by atoms with E-state index in [1.807, 2.05) is 41.5 Å². The highest BCUT2D eigenvalue weighted by Gasteiger charge is 2.20. The third kappa shape index (κ3) is 28.9. The third-order valence-electron chi connectivity index (χ3n) is 5.60. The second kappa shape index (κ2) is 26.6. The summed E-state index contributed by atoms with van der Waals surface area (Å²) in [6.07, 6.45) is 0.864. The Hall–Kier alpha value is -1.02. The van der Waals surface area contributed by atoms with Crippen molar-refractivity contribution in [3.05, 3.63) is 0 Å². The Morgan fingerprint density at radius 2 is 0.463 bits per heavy atom. The molecule has 0 N–H and O–H groups in total. The van der Waals surface area contributed by atoms with E-state index in [9.17, 15) is 9.59 Å². The van der Waals surface area contributed by atoms with Gasteiger partial charge in [-0.15, -0.1) is 0 Å². The van der Waals surface area contributed by atoms with Gasteiger partial charge in [-0.2, -0.15) is 0 Å². The summed E-state index contributed by atoms with van der Waals surface area (Å²) in [6.45, 7) is 20.2. The summed E-state index contributed by atoms with van der Waals surface area (Å²) in [4.78, 5) is 23.5. The van der Waals surface area contributed by atoms with E-state index in [1.165, 1.54) is 0 Å². The molecule has 0 saturated heterocycles. The molecule has 0 fully saturated rings. The molecule has 11 nitrogen and oxygen atoms in total. The quantitative estimate of drug-likeness (QED) is 0.114. The van der Waals surface area contributed by atoms with Gasteiger partial charge < -0.3 is 42.6 Å². The van der Waals surface area contributed by atoms with Crippen molar-refractivity contribution in [1.29, 1.82) is 0 Å². The minimum Gasteiger partial charge on any atom is -0.379 e. The number of hydrogen-bond acceptors (Lipinski definition) is 11. The zero-order valence-corrected chi connectivity index (χ0v) is 26.6. The molecule has 0 amide bonds. The van der Waals surface area contributed by atoms with Crippen LogP contribution in [0.1, 0.15) is 54.4 Å². The molecule has 0 aliphatic carbocycles. The highest BCUT2D eigenvalue weighted by molar-refractivity contribution is 5.84. The first-order chi connectivity index (χ1) is 19.5. The molecule has 0 aliphatic rings. The Labute approximate surface area is 248 Å². The van der Waals surface area contributed by atoms with Crippen molar-refractivity contribution in [3.8, 4) is 0 Å². The topological polar surface area (TPSA) is 117 Å². The zero-order valence-electron chi connectivity index (χ0n) is 26.6. The largest absolute Gasteiger partial charge is 0.379 e. The van der Waals surface area contributed by atoms with Crippen LogP contribution in [0.2, 0.25) is 0 Å². The van der Waals surface area contributed by atoms with E-state index in [4.69, 9.17) is 42.6 Å². The lowest BCUT2D eigenvalue weighted by molar-refractivity contribution is -0.128. The van der Waals surface area contributed by atoms with Gasteiger partial charge in [0.1, 0.15) is 11.6 Å². The lowest BCUT2D eigenvalue weighted by atomic mass is 9.89. The number of ketones is 2. The van der Waals surface area contributed by atoms with Crippen LogP contribution in [0.5, 0.6) is 0 Å². The highest BCUT2D eigenvalue weighted by atomic mass is 16.6. The fraction of sp³-hybridized carbons (Fsp3) is 0.933. The minimum atomic E-state index is -0.313. The number of Topliss-reactive ketones (excluding diaryl/α,β-unsaturated/α-hetero) is 2. The number of carbonyl (C=O) groups is 2. The fourth-order valence-corrected chi connectivity index (χ4v) is 2.94. The first kappa shape index (κ1) is 40.0. The fourth-order valence-electron chi connectivity index (χ4n) is 2.94. The van der Waals surface area contributed by atoms with Crippen LogP contribution < -0.4 is 0 Å². The molecule has 0 radical (unpaired) electrons. The second-order valence-corrected chi connectivity index (χ2v) is 11.4. The Balaban J connectivity index is 3.15. The molecule has 0 aromatic heterocycles. The van der Waals surface area contributed by atoms with Crippen LogP contribution >= 0.6 is 0 Å². The maximum absolute atomic E-state index is 11.8. The number of rotatable bonds is 30. The predicted molar refractivity (Wildman–Crippen MR) is 156 cm³/mol. The number of hydrogen-bond donors (Lipinski definition) is 0. The van der Waals surface area contributed by atoms with Crippen molar-refractivity contribution in [2.75, 3.05) is 119 Å². The van der Waals surface area contributed by atoms with E-state index in [0.29, 0.717) is 132 Å². The Morgan fingerprint density at radius 3 is 0.610 bits per heavy atom. The van der Waals surface area contributed by atoms with Gasteiger partial charge in [-0.3, -0.25) is 9.59 Å². The summed E-state index contributed by atoms with van der Waals surface area (Å²) in [7, 11) is 0. The smallest absolute Gasteiger partial charge is 0.140 e. The molecule has 0 heterocycles. The Kier molecular flexibility index (Phi) is 25.9. The van der Waals surface area contributed by atoms with E-state index in [1.54, 1.807) is 0 Å². The van der Waals surface area contributed by atoms with Gasteiger partial charge in [-0.05, 0) is 0 Å². The number of ether oxygens (including phenoxy) is 9. The van der Waals surface area contributed by atoms with Crippen molar-refractivity contribution in [2.24, 2.45) is 10.8 Å². The van der Waals surface area contributed by atoms with Gasteiger partial charge in [0.15, 0.2) is 0 Å². The Bertz CT molecular complexity index is 563. The maximum Gasteiger partial charge on any atom is 0.140 e. The molecule has 0 atom stereocenters. The van der Waals surface area contributed by atoms with Crippen molar-refractivity contribution in [3.63, 3.8) is 0 Å². The third-order valence-corrected chi connectivity index (χ3v) is 5.60. The van der Waals surface area contributed by atoms with Gasteiger partial charge >= 0.3 is 0 Å². The summed E-state index contributed by atoms with van der Waals surface area (Å²) < 4.78 is 49.0. The van der Waals surface area contributed by atoms with Gasteiger partial charge in [0, 0.05) is 23.7 Å². The highest BCUT2D eigenvalue weighted by Crippen LogP contribution is 2.17. The number of carbonyl (C=O) groups excluding carboxylic acids is 2. The molecule has 0 aromatic carbocycles. The molecule has 41 heavy (non-hydrogen) atoms. The van der Waals surface area contributed by atoms with Crippen molar-refractivity contribution < 1.29 is 52.2 Å². The molecule has 0 saturated carbocycles. The van der Waals surface area contributed by atoms with Crippen molar-refractivity contribution >= 4 is 11.6 Å². The van der Waals surface area contributed by atoms with Crippen LogP contribution in [-0.2, 0) is 52.2 Å². The molecule has 0 aromatic rings. The lowest BCUT2D eigenvalue weighted by Gasteiger charge is -2.16. The SMILES string of the molecule is CC(C)(C)C(=O)CCOCCOCCOCCOCCOCCOCCOCCOCCOCCC(=O)C(C)(C)C. The van der Waals surface area contributed by atoms with Crippen molar-refractivity contribution in [2.45, 2.75) is 54.4 Å². The second-order valence-electron chi connectivity index (χ2n) is 11.4. The molecular formula is C30H58O11. The molecule has 0 rings (SSSR count). The molecule has 0 spiro atoms. The zero-order chi connectivity index (χ0) is 30.7. The van der Waals surface area contributed by atoms with Gasteiger partial charge in [0.05, 0.1) is 119 Å². The van der Waals surface area contributed by atoms with E-state index >= 15 is 0 Å². The van der Waals surface area contributed by atoms with Gasteiger partial charge in [0.25, 0.3) is 0 Å². The van der Waals surface area contributed by atoms with Crippen LogP contribution in [0, 0.1) is 10.8 Å². The molecule has 244 valence electrons. The molecule has 0 aliphatic heterocycles. The monoisotopic (exact) mass is 594 g/mol. The summed E-state index contributed by atoms with van der Waals surface area (Å²) in [5.41, 5.74) is -0.626. The van der Waals surface area contributed by atoms with Gasteiger partial charge in [0.2, 0.25) is 0 Å². The lowest BCUT2D eigenvalue weighted by Crippen LogP contribution is -2.22. The average Bonchev–Trinajstić information content (AvgIpc) is 2.90. The normalized spacial score (nSPS) is 12.2. The predicted octanol–water partition coefficient (Wildman–Crippen LogP) is 3.15. The van der Waals surface area contributed by atoms with Gasteiger partial charge in [-0.25, -0.2) is 0 Å². The molecule has 11 heteroatoms.